The second-order valence-corrected chi connectivity index (χ2v) is 5.88. The van der Waals surface area contributed by atoms with Gasteiger partial charge in [-0.2, -0.15) is 10.5 Å². The van der Waals surface area contributed by atoms with Crippen LogP contribution in [0.1, 0.15) is 11.1 Å². The average molecular weight is 340 g/mol. The molecule has 0 aliphatic carbocycles. The number of hydrogen-bond acceptors (Lipinski definition) is 3. The van der Waals surface area contributed by atoms with Crippen molar-refractivity contribution in [2.45, 2.75) is 13.5 Å². The summed E-state index contributed by atoms with van der Waals surface area (Å²) in [7, 11) is 0. The maximum atomic E-state index is 12.5. The van der Waals surface area contributed by atoms with E-state index in [2.05, 4.69) is 11.4 Å². The number of benzene rings is 2. The molecule has 0 saturated heterocycles. The molecule has 1 amide bonds. The average Bonchev–Trinajstić information content (AvgIpc) is 2.98. The summed E-state index contributed by atoms with van der Waals surface area (Å²) in [4.78, 5) is 12.5. The van der Waals surface area contributed by atoms with Crippen molar-refractivity contribution in [2.75, 3.05) is 5.32 Å². The van der Waals surface area contributed by atoms with E-state index in [1.165, 1.54) is 0 Å². The molecule has 126 valence electrons. The number of aryl methyl sites for hydroxylation is 1. The van der Waals surface area contributed by atoms with Crippen LogP contribution in [0.4, 0.5) is 5.69 Å². The van der Waals surface area contributed by atoms with Crippen LogP contribution in [0, 0.1) is 29.6 Å². The Balaban J connectivity index is 1.97. The van der Waals surface area contributed by atoms with E-state index in [0.717, 1.165) is 22.0 Å². The van der Waals surface area contributed by atoms with Gasteiger partial charge in [-0.05, 0) is 36.8 Å². The molecule has 0 aliphatic heterocycles. The zero-order chi connectivity index (χ0) is 18.5. The number of anilines is 1. The third-order valence-corrected chi connectivity index (χ3v) is 4.00. The minimum Gasteiger partial charge on any atom is -0.333 e. The Kier molecular flexibility index (Phi) is 4.83. The fourth-order valence-electron chi connectivity index (χ4n) is 2.82. The monoisotopic (exact) mass is 340 g/mol. The SMILES string of the molecule is Cc1cccc(NC(=O)/C(C#N)=C\c2cn(CC#N)c3ccccc23)c1. The van der Waals surface area contributed by atoms with Gasteiger partial charge in [0.1, 0.15) is 18.2 Å². The molecule has 1 heterocycles. The number of aromatic nitrogens is 1. The molecule has 26 heavy (non-hydrogen) atoms. The molecule has 5 nitrogen and oxygen atoms in total. The maximum absolute atomic E-state index is 12.5. The number of carbonyl (C=O) groups excluding carboxylic acids is 1. The number of rotatable bonds is 4. The first-order chi connectivity index (χ1) is 12.6. The molecule has 1 N–H and O–H groups in total. The number of nitriles is 2. The van der Waals surface area contributed by atoms with Crippen molar-refractivity contribution in [3.63, 3.8) is 0 Å². The molecule has 0 aliphatic rings. The predicted molar refractivity (Wildman–Crippen MR) is 101 cm³/mol. The molecule has 0 spiro atoms. The minimum atomic E-state index is -0.463. The largest absolute Gasteiger partial charge is 0.333 e. The van der Waals surface area contributed by atoms with Gasteiger partial charge < -0.3 is 9.88 Å². The molecule has 0 bridgehead atoms. The summed E-state index contributed by atoms with van der Waals surface area (Å²) in [5.41, 5.74) is 3.28. The Bertz CT molecular complexity index is 1090. The number of hydrogen-bond donors (Lipinski definition) is 1. The first-order valence-corrected chi connectivity index (χ1v) is 8.07. The third-order valence-electron chi connectivity index (χ3n) is 4.00. The molecular weight excluding hydrogens is 324 g/mol. The number of nitrogens with zero attached hydrogens (tertiary/aromatic N) is 3. The maximum Gasteiger partial charge on any atom is 0.266 e. The fraction of sp³-hybridized carbons (Fsp3) is 0.0952. The zero-order valence-electron chi connectivity index (χ0n) is 14.2. The van der Waals surface area contributed by atoms with Crippen LogP contribution in [-0.4, -0.2) is 10.5 Å². The summed E-state index contributed by atoms with van der Waals surface area (Å²) in [6.45, 7) is 2.13. The van der Waals surface area contributed by atoms with Gasteiger partial charge in [0.05, 0.1) is 6.07 Å². The highest BCUT2D eigenvalue weighted by Gasteiger charge is 2.12. The van der Waals surface area contributed by atoms with Gasteiger partial charge in [0.25, 0.3) is 5.91 Å². The van der Waals surface area contributed by atoms with Crippen molar-refractivity contribution in [3.05, 3.63) is 71.4 Å². The van der Waals surface area contributed by atoms with E-state index in [0.29, 0.717) is 5.69 Å². The van der Waals surface area contributed by atoms with Crippen molar-refractivity contribution in [3.8, 4) is 12.1 Å². The van der Waals surface area contributed by atoms with Crippen molar-refractivity contribution >= 4 is 28.6 Å². The van der Waals surface area contributed by atoms with Crippen molar-refractivity contribution in [1.82, 2.24) is 4.57 Å². The minimum absolute atomic E-state index is 0.00590. The summed E-state index contributed by atoms with van der Waals surface area (Å²) < 4.78 is 1.80. The Hall–Kier alpha value is -3.83. The number of fused-ring (bicyclic) bond motifs is 1. The molecule has 3 rings (SSSR count). The van der Waals surface area contributed by atoms with E-state index in [-0.39, 0.29) is 12.1 Å². The van der Waals surface area contributed by atoms with Crippen LogP contribution in [-0.2, 0) is 11.3 Å². The van der Waals surface area contributed by atoms with Crippen LogP contribution in [0.2, 0.25) is 0 Å². The van der Waals surface area contributed by atoms with Crippen molar-refractivity contribution in [1.29, 1.82) is 10.5 Å². The van der Waals surface area contributed by atoms with E-state index in [1.807, 2.05) is 55.5 Å². The first-order valence-electron chi connectivity index (χ1n) is 8.07. The van der Waals surface area contributed by atoms with Gasteiger partial charge in [-0.15, -0.1) is 0 Å². The highest BCUT2D eigenvalue weighted by atomic mass is 16.1. The molecule has 0 radical (unpaired) electrons. The first kappa shape index (κ1) is 17.0. The van der Waals surface area contributed by atoms with Crippen LogP contribution in [0.3, 0.4) is 0 Å². The number of nitrogens with one attached hydrogen (secondary N) is 1. The predicted octanol–water partition coefficient (Wildman–Crippen LogP) is 4.02. The molecular formula is C21H16N4O. The Morgan fingerprint density at radius 2 is 2.00 bits per heavy atom. The van der Waals surface area contributed by atoms with Gasteiger partial charge in [-0.25, -0.2) is 0 Å². The molecule has 1 aromatic heterocycles. The molecule has 2 aromatic carbocycles. The Morgan fingerprint density at radius 1 is 1.19 bits per heavy atom. The smallest absolute Gasteiger partial charge is 0.266 e. The van der Waals surface area contributed by atoms with Crippen LogP contribution in [0.25, 0.3) is 17.0 Å². The second kappa shape index (κ2) is 7.38. The molecule has 0 atom stereocenters. The third kappa shape index (κ3) is 3.48. The number of carbonyl (C=O) groups is 1. The van der Waals surface area contributed by atoms with E-state index in [9.17, 15) is 10.1 Å². The number of amides is 1. The summed E-state index contributed by atoms with van der Waals surface area (Å²) in [5.74, 6) is -0.463. The van der Waals surface area contributed by atoms with Gasteiger partial charge in [0.15, 0.2) is 0 Å². The quantitative estimate of drug-likeness (QED) is 0.575. The standard InChI is InChI=1S/C21H16N4O/c1-15-5-4-6-18(11-15)24-21(26)16(13-23)12-17-14-25(10-9-22)20-8-3-2-7-19(17)20/h2-8,11-12,14H,10H2,1H3,(H,24,26)/b16-12-. The van der Waals surface area contributed by atoms with Crippen molar-refractivity contribution < 1.29 is 4.79 Å². The highest BCUT2D eigenvalue weighted by molar-refractivity contribution is 6.10. The lowest BCUT2D eigenvalue weighted by atomic mass is 10.1. The van der Waals surface area contributed by atoms with Crippen LogP contribution < -0.4 is 5.32 Å². The van der Waals surface area contributed by atoms with Crippen LogP contribution >= 0.6 is 0 Å². The highest BCUT2D eigenvalue weighted by Crippen LogP contribution is 2.24. The molecule has 5 heteroatoms. The van der Waals surface area contributed by atoms with E-state index < -0.39 is 5.91 Å². The van der Waals surface area contributed by atoms with Crippen LogP contribution in [0.15, 0.2) is 60.3 Å². The summed E-state index contributed by atoms with van der Waals surface area (Å²) >= 11 is 0. The second-order valence-electron chi connectivity index (χ2n) is 5.88. The lowest BCUT2D eigenvalue weighted by molar-refractivity contribution is -0.112. The molecule has 0 saturated carbocycles. The fourth-order valence-corrected chi connectivity index (χ4v) is 2.82. The van der Waals surface area contributed by atoms with Crippen LogP contribution in [0.5, 0.6) is 0 Å². The Morgan fingerprint density at radius 3 is 2.73 bits per heavy atom. The van der Waals surface area contributed by atoms with Crippen molar-refractivity contribution in [2.24, 2.45) is 0 Å². The van der Waals surface area contributed by atoms with Gasteiger partial charge in [0, 0.05) is 28.4 Å². The lowest BCUT2D eigenvalue weighted by Gasteiger charge is -2.05. The Labute approximate surface area is 151 Å². The molecule has 0 unspecified atom stereocenters. The van der Waals surface area contributed by atoms with Gasteiger partial charge in [-0.3, -0.25) is 4.79 Å². The van der Waals surface area contributed by atoms with E-state index in [4.69, 9.17) is 5.26 Å². The summed E-state index contributed by atoms with van der Waals surface area (Å²) in [6.07, 6.45) is 3.34. The zero-order valence-corrected chi connectivity index (χ0v) is 14.2. The van der Waals surface area contributed by atoms with E-state index in [1.54, 1.807) is 22.9 Å². The van der Waals surface area contributed by atoms with Gasteiger partial charge >= 0.3 is 0 Å². The summed E-state index contributed by atoms with van der Waals surface area (Å²) in [6, 6.07) is 19.1. The molecule has 0 fully saturated rings. The number of para-hydroxylation sites is 1. The normalized spacial score (nSPS) is 11.0. The van der Waals surface area contributed by atoms with Gasteiger partial charge in [0.2, 0.25) is 0 Å². The van der Waals surface area contributed by atoms with Gasteiger partial charge in [-0.1, -0.05) is 30.3 Å². The van der Waals surface area contributed by atoms with E-state index >= 15 is 0 Å². The summed E-state index contributed by atoms with van der Waals surface area (Å²) in [5, 5.41) is 22.1. The lowest BCUT2D eigenvalue weighted by Crippen LogP contribution is -2.13. The molecule has 3 aromatic rings. The topological polar surface area (TPSA) is 81.6 Å².